The van der Waals surface area contributed by atoms with Crippen LogP contribution in [0, 0.1) is 12.3 Å². The van der Waals surface area contributed by atoms with Gasteiger partial charge in [0.1, 0.15) is 0 Å². The molecular formula is C16H26BrN. The summed E-state index contributed by atoms with van der Waals surface area (Å²) in [6.45, 7) is 9.12. The monoisotopic (exact) mass is 311 g/mol. The Balaban J connectivity index is 2.69. The van der Waals surface area contributed by atoms with Crippen LogP contribution in [-0.2, 0) is 0 Å². The highest BCUT2D eigenvalue weighted by molar-refractivity contribution is 9.10. The van der Waals surface area contributed by atoms with Crippen molar-refractivity contribution in [3.63, 3.8) is 0 Å². The molecule has 0 aromatic heterocycles. The molecule has 0 aliphatic carbocycles. The molecule has 1 atom stereocenters. The van der Waals surface area contributed by atoms with E-state index in [-0.39, 0.29) is 0 Å². The van der Waals surface area contributed by atoms with E-state index < -0.39 is 0 Å². The predicted molar refractivity (Wildman–Crippen MR) is 84.0 cm³/mol. The van der Waals surface area contributed by atoms with Gasteiger partial charge in [-0.1, -0.05) is 55.3 Å². The maximum absolute atomic E-state index is 3.62. The first-order chi connectivity index (χ1) is 8.35. The summed E-state index contributed by atoms with van der Waals surface area (Å²) in [6, 6.07) is 6.93. The minimum Gasteiger partial charge on any atom is -0.313 e. The van der Waals surface area contributed by atoms with Gasteiger partial charge in [-0.2, -0.15) is 0 Å². The van der Waals surface area contributed by atoms with Crippen LogP contribution in [0.2, 0.25) is 0 Å². The molecule has 102 valence electrons. The fraction of sp³-hybridized carbons (Fsp3) is 0.625. The van der Waals surface area contributed by atoms with Gasteiger partial charge in [0.2, 0.25) is 0 Å². The maximum atomic E-state index is 3.62. The van der Waals surface area contributed by atoms with E-state index >= 15 is 0 Å². The second-order valence-corrected chi connectivity index (χ2v) is 7.10. The third kappa shape index (κ3) is 4.74. The number of nitrogens with one attached hydrogen (secondary N) is 1. The van der Waals surface area contributed by atoms with Crippen molar-refractivity contribution in [2.75, 3.05) is 7.05 Å². The highest BCUT2D eigenvalue weighted by Crippen LogP contribution is 2.29. The number of hydrogen-bond acceptors (Lipinski definition) is 1. The van der Waals surface area contributed by atoms with Crippen molar-refractivity contribution in [1.82, 2.24) is 5.32 Å². The predicted octanol–water partition coefficient (Wildman–Crippen LogP) is 5.23. The standard InChI is InChI=1S/C16H26BrN/c1-12-13(8-6-9-14(12)17)15(18-5)10-7-11-16(2,3)4/h6,8-9,15,18H,7,10-11H2,1-5H3. The molecule has 1 aromatic carbocycles. The Labute approximate surface area is 120 Å². The average molecular weight is 312 g/mol. The third-order valence-electron chi connectivity index (χ3n) is 3.45. The van der Waals surface area contributed by atoms with E-state index in [1.165, 1.54) is 34.9 Å². The molecule has 0 fully saturated rings. The SMILES string of the molecule is CNC(CCCC(C)(C)C)c1cccc(Br)c1C. The van der Waals surface area contributed by atoms with Crippen molar-refractivity contribution in [2.45, 2.75) is 53.0 Å². The Hall–Kier alpha value is -0.340. The molecule has 0 aliphatic rings. The minimum atomic E-state index is 0.435. The second kappa shape index (κ2) is 6.72. The summed E-state index contributed by atoms with van der Waals surface area (Å²) in [4.78, 5) is 0. The topological polar surface area (TPSA) is 12.0 Å². The van der Waals surface area contributed by atoms with Crippen molar-refractivity contribution in [1.29, 1.82) is 0 Å². The lowest BCUT2D eigenvalue weighted by Gasteiger charge is -2.22. The fourth-order valence-electron chi connectivity index (χ4n) is 2.29. The lowest BCUT2D eigenvalue weighted by Crippen LogP contribution is -2.18. The number of benzene rings is 1. The largest absolute Gasteiger partial charge is 0.313 e. The first-order valence-corrected chi connectivity index (χ1v) is 7.57. The van der Waals surface area contributed by atoms with Crippen LogP contribution >= 0.6 is 15.9 Å². The first-order valence-electron chi connectivity index (χ1n) is 6.77. The van der Waals surface area contributed by atoms with E-state index in [9.17, 15) is 0 Å². The third-order valence-corrected chi connectivity index (χ3v) is 4.31. The zero-order chi connectivity index (χ0) is 13.8. The van der Waals surface area contributed by atoms with E-state index in [2.05, 4.69) is 74.2 Å². The average Bonchev–Trinajstić information content (AvgIpc) is 2.27. The lowest BCUT2D eigenvalue weighted by molar-refractivity contribution is 0.347. The minimum absolute atomic E-state index is 0.435. The Morgan fingerprint density at radius 1 is 1.28 bits per heavy atom. The normalized spacial score (nSPS) is 13.7. The molecular weight excluding hydrogens is 286 g/mol. The van der Waals surface area contributed by atoms with Gasteiger partial charge in [-0.05, 0) is 49.4 Å². The Morgan fingerprint density at radius 2 is 1.94 bits per heavy atom. The highest BCUT2D eigenvalue weighted by Gasteiger charge is 2.15. The van der Waals surface area contributed by atoms with Crippen molar-refractivity contribution in [2.24, 2.45) is 5.41 Å². The molecule has 1 unspecified atom stereocenters. The molecule has 1 nitrogen and oxygen atoms in total. The molecule has 0 aliphatic heterocycles. The Morgan fingerprint density at radius 3 is 2.50 bits per heavy atom. The van der Waals surface area contributed by atoms with Crippen molar-refractivity contribution >= 4 is 15.9 Å². The van der Waals surface area contributed by atoms with Gasteiger partial charge >= 0.3 is 0 Å². The van der Waals surface area contributed by atoms with Crippen LogP contribution in [0.4, 0.5) is 0 Å². The van der Waals surface area contributed by atoms with Crippen LogP contribution in [-0.4, -0.2) is 7.05 Å². The summed E-state index contributed by atoms with van der Waals surface area (Å²) < 4.78 is 1.20. The summed E-state index contributed by atoms with van der Waals surface area (Å²) in [7, 11) is 2.06. The van der Waals surface area contributed by atoms with E-state index in [4.69, 9.17) is 0 Å². The van der Waals surface area contributed by atoms with Crippen LogP contribution < -0.4 is 5.32 Å². The summed E-state index contributed by atoms with van der Waals surface area (Å²) in [5.74, 6) is 0. The number of halogens is 1. The highest BCUT2D eigenvalue weighted by atomic mass is 79.9. The zero-order valence-electron chi connectivity index (χ0n) is 12.3. The molecule has 1 rings (SSSR count). The number of rotatable bonds is 5. The van der Waals surface area contributed by atoms with E-state index in [1.807, 2.05) is 0 Å². The molecule has 0 amide bonds. The van der Waals surface area contributed by atoms with Gasteiger partial charge < -0.3 is 5.32 Å². The second-order valence-electron chi connectivity index (χ2n) is 6.25. The van der Waals surface area contributed by atoms with Crippen LogP contribution in [0.25, 0.3) is 0 Å². The molecule has 0 bridgehead atoms. The molecule has 0 heterocycles. The van der Waals surface area contributed by atoms with Crippen LogP contribution in [0.15, 0.2) is 22.7 Å². The van der Waals surface area contributed by atoms with Crippen molar-refractivity contribution in [3.8, 4) is 0 Å². The van der Waals surface area contributed by atoms with Gasteiger partial charge in [-0.3, -0.25) is 0 Å². The molecule has 0 saturated heterocycles. The molecule has 0 saturated carbocycles. The summed E-state index contributed by atoms with van der Waals surface area (Å²) in [5.41, 5.74) is 3.21. The molecule has 1 aromatic rings. The molecule has 18 heavy (non-hydrogen) atoms. The summed E-state index contributed by atoms with van der Waals surface area (Å²) >= 11 is 3.62. The van der Waals surface area contributed by atoms with Crippen LogP contribution in [0.1, 0.15) is 57.2 Å². The van der Waals surface area contributed by atoms with Crippen molar-refractivity contribution < 1.29 is 0 Å². The van der Waals surface area contributed by atoms with Crippen molar-refractivity contribution in [3.05, 3.63) is 33.8 Å². The lowest BCUT2D eigenvalue weighted by atomic mass is 9.87. The van der Waals surface area contributed by atoms with Gasteiger partial charge in [-0.25, -0.2) is 0 Å². The summed E-state index contributed by atoms with van der Waals surface area (Å²) in [6.07, 6.45) is 3.74. The van der Waals surface area contributed by atoms with E-state index in [0.717, 1.165) is 0 Å². The zero-order valence-corrected chi connectivity index (χ0v) is 13.9. The fourth-order valence-corrected chi connectivity index (χ4v) is 2.68. The van der Waals surface area contributed by atoms with Crippen LogP contribution in [0.5, 0.6) is 0 Å². The molecule has 0 spiro atoms. The van der Waals surface area contributed by atoms with Gasteiger partial charge in [0.15, 0.2) is 0 Å². The molecule has 1 N–H and O–H groups in total. The van der Waals surface area contributed by atoms with E-state index in [0.29, 0.717) is 11.5 Å². The van der Waals surface area contributed by atoms with E-state index in [1.54, 1.807) is 0 Å². The number of hydrogen-bond donors (Lipinski definition) is 1. The first kappa shape index (κ1) is 15.7. The van der Waals surface area contributed by atoms with Gasteiger partial charge in [0.25, 0.3) is 0 Å². The molecule has 0 radical (unpaired) electrons. The van der Waals surface area contributed by atoms with Gasteiger partial charge in [0.05, 0.1) is 0 Å². The van der Waals surface area contributed by atoms with Gasteiger partial charge in [-0.15, -0.1) is 0 Å². The Bertz CT molecular complexity index is 379. The smallest absolute Gasteiger partial charge is 0.0320 e. The van der Waals surface area contributed by atoms with Crippen LogP contribution in [0.3, 0.4) is 0 Å². The molecule has 2 heteroatoms. The quantitative estimate of drug-likeness (QED) is 0.784. The van der Waals surface area contributed by atoms with Gasteiger partial charge in [0, 0.05) is 10.5 Å². The maximum Gasteiger partial charge on any atom is 0.0320 e. The Kier molecular flexibility index (Phi) is 5.87. The summed E-state index contributed by atoms with van der Waals surface area (Å²) in [5, 5.41) is 3.45.